The first-order valence-corrected chi connectivity index (χ1v) is 9.05. The lowest BCUT2D eigenvalue weighted by molar-refractivity contribution is -0.174. The van der Waals surface area contributed by atoms with Crippen molar-refractivity contribution in [2.45, 2.75) is 78.3 Å². The molecule has 2 rings (SSSR count). The van der Waals surface area contributed by atoms with Crippen molar-refractivity contribution in [3.8, 4) is 0 Å². The number of piperidine rings is 1. The first-order valence-electron chi connectivity index (χ1n) is 9.05. The summed E-state index contributed by atoms with van der Waals surface area (Å²) in [6.07, 6.45) is 5.51. The van der Waals surface area contributed by atoms with Crippen LogP contribution in [0.15, 0.2) is 0 Å². The Labute approximate surface area is 134 Å². The Morgan fingerprint density at radius 1 is 1.32 bits per heavy atom. The molecule has 0 amide bonds. The summed E-state index contributed by atoms with van der Waals surface area (Å²) in [6.45, 7) is 9.40. The Morgan fingerprint density at radius 2 is 2.05 bits per heavy atom. The van der Waals surface area contributed by atoms with E-state index in [1.165, 1.54) is 0 Å². The number of esters is 1. The van der Waals surface area contributed by atoms with Crippen LogP contribution in [0.1, 0.15) is 66.2 Å². The summed E-state index contributed by atoms with van der Waals surface area (Å²) >= 11 is 0. The molecule has 0 aromatic carbocycles. The Morgan fingerprint density at radius 3 is 2.59 bits per heavy atom. The Kier molecular flexibility index (Phi) is 5.65. The van der Waals surface area contributed by atoms with Crippen LogP contribution in [0.5, 0.6) is 0 Å². The van der Waals surface area contributed by atoms with Gasteiger partial charge in [-0.25, -0.2) is 0 Å². The first kappa shape index (κ1) is 17.5. The number of rotatable bonds is 6. The Hall–Kier alpha value is -0.900. The summed E-state index contributed by atoms with van der Waals surface area (Å²) in [5.41, 5.74) is -0.933. The van der Waals surface area contributed by atoms with Gasteiger partial charge in [0.1, 0.15) is 5.41 Å². The molecule has 2 fully saturated rings. The number of carbonyl (C=O) groups is 2. The Balaban J connectivity index is 2.45. The molecular formula is C18H31NO3. The maximum absolute atomic E-state index is 13.3. The van der Waals surface area contributed by atoms with Gasteiger partial charge < -0.3 is 4.74 Å². The first-order chi connectivity index (χ1) is 10.6. The standard InChI is InChI=1S/C18H31NO3/c1-5-10-14-13(6-2)16(20)18(7-3,17(21)22-8-4)15-11-9-12-19(14)15/h13-15H,5-12H2,1-4H3/t13-,14-,15+,18-/m1/s1. The molecule has 2 heterocycles. The fraction of sp³-hybridized carbons (Fsp3) is 0.889. The smallest absolute Gasteiger partial charge is 0.321 e. The lowest BCUT2D eigenvalue weighted by Crippen LogP contribution is -2.65. The van der Waals surface area contributed by atoms with Crippen molar-refractivity contribution >= 4 is 11.8 Å². The van der Waals surface area contributed by atoms with Crippen LogP contribution in [0.25, 0.3) is 0 Å². The van der Waals surface area contributed by atoms with Crippen LogP contribution in [0.4, 0.5) is 0 Å². The number of nitrogens with zero attached hydrogens (tertiary/aromatic N) is 1. The van der Waals surface area contributed by atoms with Crippen LogP contribution < -0.4 is 0 Å². The molecule has 4 atom stereocenters. The van der Waals surface area contributed by atoms with Crippen LogP contribution in [-0.2, 0) is 14.3 Å². The van der Waals surface area contributed by atoms with Crippen LogP contribution in [0.2, 0.25) is 0 Å². The monoisotopic (exact) mass is 309 g/mol. The summed E-state index contributed by atoms with van der Waals surface area (Å²) in [6, 6.07) is 0.354. The zero-order valence-corrected chi connectivity index (χ0v) is 14.6. The molecule has 2 aliphatic rings. The second-order valence-corrected chi connectivity index (χ2v) is 6.68. The van der Waals surface area contributed by atoms with E-state index in [9.17, 15) is 9.59 Å². The molecule has 2 aliphatic heterocycles. The SMILES string of the molecule is CCC[C@@H]1[C@@H](CC)C(=O)[C@](CC)(C(=O)OCC)[C@@H]2CCCN12. The van der Waals surface area contributed by atoms with E-state index in [2.05, 4.69) is 18.7 Å². The highest BCUT2D eigenvalue weighted by Gasteiger charge is 2.62. The van der Waals surface area contributed by atoms with Gasteiger partial charge in [-0.15, -0.1) is 0 Å². The molecule has 22 heavy (non-hydrogen) atoms. The normalized spacial score (nSPS) is 35.5. The summed E-state index contributed by atoms with van der Waals surface area (Å²) in [7, 11) is 0. The molecule has 0 aliphatic carbocycles. The third kappa shape index (κ3) is 2.49. The van der Waals surface area contributed by atoms with E-state index >= 15 is 0 Å². The quantitative estimate of drug-likeness (QED) is 0.558. The summed E-state index contributed by atoms with van der Waals surface area (Å²) in [5.74, 6) is -0.163. The van der Waals surface area contributed by atoms with Gasteiger partial charge in [0.05, 0.1) is 6.61 Å². The molecule has 0 aromatic heterocycles. The molecule has 0 unspecified atom stereocenters. The number of ketones is 1. The number of hydrogen-bond donors (Lipinski definition) is 0. The molecule has 0 spiro atoms. The molecule has 0 bridgehead atoms. The van der Waals surface area contributed by atoms with Crippen molar-refractivity contribution in [1.82, 2.24) is 4.90 Å². The van der Waals surface area contributed by atoms with Crippen molar-refractivity contribution < 1.29 is 14.3 Å². The minimum atomic E-state index is -0.933. The molecule has 0 radical (unpaired) electrons. The van der Waals surface area contributed by atoms with Gasteiger partial charge in [-0.2, -0.15) is 0 Å². The maximum Gasteiger partial charge on any atom is 0.321 e. The fourth-order valence-electron chi connectivity index (χ4n) is 4.79. The predicted molar refractivity (Wildman–Crippen MR) is 86.6 cm³/mol. The average Bonchev–Trinajstić information content (AvgIpc) is 2.98. The van der Waals surface area contributed by atoms with Crippen LogP contribution in [0.3, 0.4) is 0 Å². The predicted octanol–water partition coefficient (Wildman–Crippen LogP) is 3.19. The van der Waals surface area contributed by atoms with Crippen LogP contribution in [-0.4, -0.2) is 41.9 Å². The van der Waals surface area contributed by atoms with E-state index in [1.54, 1.807) is 0 Å². The third-order valence-electron chi connectivity index (χ3n) is 5.75. The molecule has 4 heteroatoms. The van der Waals surface area contributed by atoms with Gasteiger partial charge in [0.15, 0.2) is 5.78 Å². The van der Waals surface area contributed by atoms with Gasteiger partial charge in [-0.3, -0.25) is 14.5 Å². The number of fused-ring (bicyclic) bond motifs is 1. The number of Topliss-reactive ketones (excluding diaryl/α,β-unsaturated/α-hetero) is 1. The summed E-state index contributed by atoms with van der Waals surface area (Å²) in [4.78, 5) is 28.6. The van der Waals surface area contributed by atoms with Gasteiger partial charge >= 0.3 is 5.97 Å². The zero-order chi connectivity index (χ0) is 16.3. The van der Waals surface area contributed by atoms with Crippen molar-refractivity contribution in [3.63, 3.8) is 0 Å². The molecule has 4 nitrogen and oxygen atoms in total. The van der Waals surface area contributed by atoms with Crippen LogP contribution in [0, 0.1) is 11.3 Å². The topological polar surface area (TPSA) is 46.6 Å². The molecule has 0 saturated carbocycles. The number of ether oxygens (including phenoxy) is 1. The number of carbonyl (C=O) groups excluding carboxylic acids is 2. The van der Waals surface area contributed by atoms with Gasteiger partial charge in [-0.1, -0.05) is 27.2 Å². The van der Waals surface area contributed by atoms with Gasteiger partial charge in [0.25, 0.3) is 0 Å². The van der Waals surface area contributed by atoms with Crippen molar-refractivity contribution in [1.29, 1.82) is 0 Å². The largest absolute Gasteiger partial charge is 0.465 e. The maximum atomic E-state index is 13.3. The highest BCUT2D eigenvalue weighted by Crippen LogP contribution is 2.48. The van der Waals surface area contributed by atoms with Crippen LogP contribution >= 0.6 is 0 Å². The van der Waals surface area contributed by atoms with Gasteiger partial charge in [0.2, 0.25) is 0 Å². The molecule has 2 saturated heterocycles. The van der Waals surface area contributed by atoms with Crippen molar-refractivity contribution in [3.05, 3.63) is 0 Å². The lowest BCUT2D eigenvalue weighted by Gasteiger charge is -2.51. The lowest BCUT2D eigenvalue weighted by atomic mass is 9.63. The van der Waals surface area contributed by atoms with E-state index in [4.69, 9.17) is 4.74 Å². The second-order valence-electron chi connectivity index (χ2n) is 6.68. The van der Waals surface area contributed by atoms with Gasteiger partial charge in [-0.05, 0) is 45.6 Å². The highest BCUT2D eigenvalue weighted by molar-refractivity contribution is 6.06. The van der Waals surface area contributed by atoms with E-state index in [0.717, 1.165) is 38.6 Å². The minimum absolute atomic E-state index is 0.0290. The van der Waals surface area contributed by atoms with E-state index < -0.39 is 5.41 Å². The van der Waals surface area contributed by atoms with Crippen molar-refractivity contribution in [2.24, 2.45) is 11.3 Å². The Bertz CT molecular complexity index is 423. The minimum Gasteiger partial charge on any atom is -0.465 e. The average molecular weight is 309 g/mol. The van der Waals surface area contributed by atoms with E-state index in [0.29, 0.717) is 19.1 Å². The zero-order valence-electron chi connectivity index (χ0n) is 14.6. The molecule has 0 N–H and O–H groups in total. The summed E-state index contributed by atoms with van der Waals surface area (Å²) < 4.78 is 5.36. The van der Waals surface area contributed by atoms with Crippen molar-refractivity contribution in [2.75, 3.05) is 13.2 Å². The fourth-order valence-corrected chi connectivity index (χ4v) is 4.79. The van der Waals surface area contributed by atoms with Gasteiger partial charge in [0, 0.05) is 18.0 Å². The second kappa shape index (κ2) is 7.12. The molecular weight excluding hydrogens is 278 g/mol. The number of hydrogen-bond acceptors (Lipinski definition) is 4. The summed E-state index contributed by atoms with van der Waals surface area (Å²) in [5, 5.41) is 0. The molecule has 126 valence electrons. The van der Waals surface area contributed by atoms with E-state index in [-0.39, 0.29) is 23.7 Å². The third-order valence-corrected chi connectivity index (χ3v) is 5.75. The van der Waals surface area contributed by atoms with E-state index in [1.807, 2.05) is 13.8 Å². The molecule has 0 aromatic rings. The highest BCUT2D eigenvalue weighted by atomic mass is 16.5.